The van der Waals surface area contributed by atoms with E-state index >= 15 is 0 Å². The number of phenolic OH excluding ortho intramolecular Hbond substituents is 2. The summed E-state index contributed by atoms with van der Waals surface area (Å²) in [4.78, 5) is 14.4. The SMILES string of the molecule is C=C1[C@H]2[C@H](CO)[C@H]3CCC[C@]1(C)[C@@]3(C(=O)CCc1cccc(-c3ccc(Cc4ccc(O)cc4)c(O)c3)c1)[C@]2(O)OC. The van der Waals surface area contributed by atoms with Gasteiger partial charge >= 0.3 is 0 Å². The minimum atomic E-state index is -1.67. The number of aryl methyl sites for hydroxylation is 1. The monoisotopic (exact) mass is 568 g/mol. The number of ketones is 1. The van der Waals surface area contributed by atoms with Crippen molar-refractivity contribution in [3.8, 4) is 22.6 Å². The molecular formula is C36H40O6. The third-order valence-corrected chi connectivity index (χ3v) is 10.9. The third kappa shape index (κ3) is 3.92. The van der Waals surface area contributed by atoms with Crippen LogP contribution in [-0.4, -0.2) is 45.7 Å². The first-order valence-electron chi connectivity index (χ1n) is 14.9. The third-order valence-electron chi connectivity index (χ3n) is 10.9. The smallest absolute Gasteiger partial charge is 0.185 e. The molecule has 0 radical (unpaired) electrons. The van der Waals surface area contributed by atoms with Gasteiger partial charge in [-0.2, -0.15) is 0 Å². The van der Waals surface area contributed by atoms with Crippen molar-refractivity contribution >= 4 is 5.78 Å². The molecule has 0 aromatic heterocycles. The van der Waals surface area contributed by atoms with Crippen molar-refractivity contribution in [2.75, 3.05) is 13.7 Å². The number of hydrogen-bond donors (Lipinski definition) is 4. The molecule has 0 heterocycles. The minimum Gasteiger partial charge on any atom is -0.508 e. The number of Topliss-reactive ketones (excluding diaryl/α,β-unsaturated/α-hetero) is 1. The molecule has 3 aromatic rings. The van der Waals surface area contributed by atoms with E-state index in [1.54, 1.807) is 18.2 Å². The number of fused-ring (bicyclic) bond motifs is 1. The van der Waals surface area contributed by atoms with Gasteiger partial charge in [0.15, 0.2) is 5.79 Å². The van der Waals surface area contributed by atoms with E-state index in [2.05, 4.69) is 13.5 Å². The summed E-state index contributed by atoms with van der Waals surface area (Å²) in [6.07, 6.45) is 3.79. The van der Waals surface area contributed by atoms with Crippen molar-refractivity contribution in [1.29, 1.82) is 0 Å². The Labute approximate surface area is 247 Å². The average Bonchev–Trinajstić information content (AvgIpc) is 3.32. The van der Waals surface area contributed by atoms with E-state index in [1.165, 1.54) is 7.11 Å². The number of aromatic hydroxyl groups is 2. The summed E-state index contributed by atoms with van der Waals surface area (Å²) in [5.74, 6) is -2.12. The highest BCUT2D eigenvalue weighted by Gasteiger charge is 2.84. The van der Waals surface area contributed by atoms with E-state index < -0.39 is 22.5 Å². The zero-order valence-electron chi connectivity index (χ0n) is 24.3. The fourth-order valence-corrected chi connectivity index (χ4v) is 9.04. The van der Waals surface area contributed by atoms with Crippen LogP contribution in [0, 0.1) is 28.6 Å². The standard InChI is InChI=1S/C36H40O6/c1-22-33-29(21-37)30-8-5-17-34(22,2)35(30,36(33,41)42-3)32(40)16-11-23-6-4-7-25(18-23)26-12-13-27(31(39)20-26)19-24-9-14-28(38)15-10-24/h4,6-7,9-10,12-15,18,20,29-30,33,37-39,41H,1,5,8,11,16-17,19,21H2,2-3H3/t29-,30-,33+,34+,35-,36-/m1/s1. The number of ether oxygens (including phenoxy) is 1. The number of benzene rings is 3. The highest BCUT2D eigenvalue weighted by Crippen LogP contribution is 2.79. The van der Waals surface area contributed by atoms with Gasteiger partial charge in [0.05, 0.1) is 5.41 Å². The van der Waals surface area contributed by atoms with Gasteiger partial charge in [0.1, 0.15) is 17.3 Å². The van der Waals surface area contributed by atoms with Crippen molar-refractivity contribution in [3.63, 3.8) is 0 Å². The highest BCUT2D eigenvalue weighted by molar-refractivity contribution is 5.90. The van der Waals surface area contributed by atoms with Gasteiger partial charge in [-0.3, -0.25) is 4.79 Å². The zero-order chi connectivity index (χ0) is 29.9. The normalized spacial score (nSPS) is 31.4. The second-order valence-electron chi connectivity index (χ2n) is 12.7. The van der Waals surface area contributed by atoms with Gasteiger partial charge in [-0.05, 0) is 77.1 Å². The second kappa shape index (κ2) is 10.4. The van der Waals surface area contributed by atoms with Crippen LogP contribution in [0.2, 0.25) is 0 Å². The number of rotatable bonds is 9. The number of aliphatic hydroxyl groups is 2. The number of carbonyl (C=O) groups is 1. The maximum Gasteiger partial charge on any atom is 0.185 e. The Morgan fingerprint density at radius 1 is 1.02 bits per heavy atom. The molecule has 4 N–H and O–H groups in total. The fraction of sp³-hybridized carbons (Fsp3) is 0.417. The maximum atomic E-state index is 14.4. The van der Waals surface area contributed by atoms with Crippen LogP contribution in [0.5, 0.6) is 11.5 Å². The van der Waals surface area contributed by atoms with Crippen molar-refractivity contribution in [2.24, 2.45) is 28.6 Å². The molecule has 2 bridgehead atoms. The van der Waals surface area contributed by atoms with E-state index in [4.69, 9.17) is 4.74 Å². The number of carbonyl (C=O) groups excluding carboxylic acids is 1. The molecule has 0 spiro atoms. The van der Waals surface area contributed by atoms with Crippen molar-refractivity contribution in [2.45, 2.75) is 51.2 Å². The Hall–Kier alpha value is -3.45. The summed E-state index contributed by atoms with van der Waals surface area (Å²) >= 11 is 0. The number of methoxy groups -OCH3 is 1. The fourth-order valence-electron chi connectivity index (χ4n) is 9.04. The number of aliphatic hydroxyl groups excluding tert-OH is 1. The molecular weight excluding hydrogens is 528 g/mol. The summed E-state index contributed by atoms with van der Waals surface area (Å²) < 4.78 is 5.83. The topological polar surface area (TPSA) is 107 Å². The number of phenols is 2. The van der Waals surface area contributed by atoms with Crippen LogP contribution >= 0.6 is 0 Å². The van der Waals surface area contributed by atoms with Crippen LogP contribution < -0.4 is 0 Å². The van der Waals surface area contributed by atoms with E-state index in [1.807, 2.05) is 48.5 Å². The molecule has 0 unspecified atom stereocenters. The lowest BCUT2D eigenvalue weighted by Crippen LogP contribution is -2.61. The van der Waals surface area contributed by atoms with E-state index in [-0.39, 0.29) is 42.1 Å². The summed E-state index contributed by atoms with van der Waals surface area (Å²) in [6, 6.07) is 20.6. The largest absolute Gasteiger partial charge is 0.508 e. The van der Waals surface area contributed by atoms with Gasteiger partial charge in [0.25, 0.3) is 0 Å². The second-order valence-corrected chi connectivity index (χ2v) is 12.7. The predicted octanol–water partition coefficient (Wildman–Crippen LogP) is 5.79. The van der Waals surface area contributed by atoms with Crippen molar-refractivity contribution in [3.05, 3.63) is 95.6 Å². The van der Waals surface area contributed by atoms with Crippen LogP contribution in [0.25, 0.3) is 11.1 Å². The molecule has 3 aromatic carbocycles. The average molecular weight is 569 g/mol. The summed E-state index contributed by atoms with van der Waals surface area (Å²) in [7, 11) is 1.47. The summed E-state index contributed by atoms with van der Waals surface area (Å²) in [5, 5.41) is 42.7. The molecule has 3 aliphatic rings. The Bertz CT molecular complexity index is 1530. The van der Waals surface area contributed by atoms with Gasteiger partial charge in [-0.1, -0.05) is 74.0 Å². The quantitative estimate of drug-likeness (QED) is 0.192. The zero-order valence-corrected chi connectivity index (χ0v) is 24.3. The van der Waals surface area contributed by atoms with Gasteiger partial charge in [-0.15, -0.1) is 0 Å². The molecule has 0 saturated heterocycles. The summed E-state index contributed by atoms with van der Waals surface area (Å²) in [5.41, 5.74) is 3.73. The molecule has 6 rings (SSSR count). The molecule has 6 atom stereocenters. The Morgan fingerprint density at radius 3 is 2.45 bits per heavy atom. The minimum absolute atomic E-state index is 0.0136. The van der Waals surface area contributed by atoms with Crippen molar-refractivity contribution in [1.82, 2.24) is 0 Å². The molecule has 6 nitrogen and oxygen atoms in total. The van der Waals surface area contributed by atoms with Crippen LogP contribution in [0.4, 0.5) is 0 Å². The first kappa shape index (κ1) is 28.7. The molecule has 3 fully saturated rings. The lowest BCUT2D eigenvalue weighted by Gasteiger charge is -2.55. The Kier molecular flexibility index (Phi) is 7.08. The molecule has 6 heteroatoms. The van der Waals surface area contributed by atoms with Gasteiger partial charge < -0.3 is 25.2 Å². The van der Waals surface area contributed by atoms with E-state index in [9.17, 15) is 25.2 Å². The van der Waals surface area contributed by atoms with Crippen LogP contribution in [0.15, 0.2) is 78.9 Å². The molecule has 3 saturated carbocycles. The van der Waals surface area contributed by atoms with Gasteiger partial charge in [0, 0.05) is 37.9 Å². The Balaban J connectivity index is 1.23. The lowest BCUT2D eigenvalue weighted by molar-refractivity contribution is -0.265. The van der Waals surface area contributed by atoms with Crippen LogP contribution in [-0.2, 0) is 22.4 Å². The predicted molar refractivity (Wildman–Crippen MR) is 161 cm³/mol. The molecule has 220 valence electrons. The summed E-state index contributed by atoms with van der Waals surface area (Å²) in [6.45, 7) is 6.33. The first-order valence-corrected chi connectivity index (χ1v) is 14.9. The first-order chi connectivity index (χ1) is 20.1. The van der Waals surface area contributed by atoms with E-state index in [0.29, 0.717) is 12.8 Å². The molecule has 42 heavy (non-hydrogen) atoms. The molecule has 0 aliphatic heterocycles. The maximum absolute atomic E-state index is 14.4. The van der Waals surface area contributed by atoms with Crippen molar-refractivity contribution < 1.29 is 30.0 Å². The molecule has 3 aliphatic carbocycles. The van der Waals surface area contributed by atoms with Crippen LogP contribution in [0.1, 0.15) is 49.3 Å². The Morgan fingerprint density at radius 2 is 1.76 bits per heavy atom. The lowest BCUT2D eigenvalue weighted by atomic mass is 9.47. The van der Waals surface area contributed by atoms with Crippen LogP contribution in [0.3, 0.4) is 0 Å². The number of hydrogen-bond acceptors (Lipinski definition) is 6. The van der Waals surface area contributed by atoms with Gasteiger partial charge in [0.2, 0.25) is 0 Å². The van der Waals surface area contributed by atoms with Gasteiger partial charge in [-0.25, -0.2) is 0 Å². The van der Waals surface area contributed by atoms with E-state index in [0.717, 1.165) is 52.7 Å². The highest BCUT2D eigenvalue weighted by atomic mass is 16.6. The molecule has 0 amide bonds.